The summed E-state index contributed by atoms with van der Waals surface area (Å²) < 4.78 is 17.6. The maximum absolute atomic E-state index is 10.7. The molecule has 126 valence electrons. The van der Waals surface area contributed by atoms with E-state index in [1.807, 2.05) is 6.92 Å². The average Bonchev–Trinajstić information content (AvgIpc) is 3.19. The van der Waals surface area contributed by atoms with E-state index in [1.165, 1.54) is 5.56 Å². The Hall–Kier alpha value is -1.85. The molecule has 1 saturated heterocycles. The lowest BCUT2D eigenvalue weighted by Gasteiger charge is -2.28. The van der Waals surface area contributed by atoms with Crippen molar-refractivity contribution in [1.29, 1.82) is 0 Å². The Morgan fingerprint density at radius 3 is 2.83 bits per heavy atom. The molecule has 2 aliphatic carbocycles. The van der Waals surface area contributed by atoms with Gasteiger partial charge in [-0.3, -0.25) is 0 Å². The fourth-order valence-corrected chi connectivity index (χ4v) is 5.11. The molecule has 0 unspecified atom stereocenters. The molecule has 1 aromatic carbocycles. The van der Waals surface area contributed by atoms with Gasteiger partial charge in [-0.25, -0.2) is 4.98 Å². The minimum absolute atomic E-state index is 0.203. The van der Waals surface area contributed by atoms with Crippen LogP contribution in [0, 0.1) is 6.92 Å². The Kier molecular flexibility index (Phi) is 2.66. The molecule has 2 fully saturated rings. The number of fused-ring (bicyclic) bond motifs is 2. The van der Waals surface area contributed by atoms with Crippen molar-refractivity contribution in [1.82, 2.24) is 4.98 Å². The molecule has 0 spiro atoms. The third-order valence-electron chi connectivity index (χ3n) is 6.10. The Morgan fingerprint density at radius 1 is 1.25 bits per heavy atom. The highest BCUT2D eigenvalue weighted by Crippen LogP contribution is 2.72. The molecule has 2 heterocycles. The first-order valence-corrected chi connectivity index (χ1v) is 8.50. The third kappa shape index (κ3) is 1.46. The van der Waals surface area contributed by atoms with Crippen LogP contribution in [0.2, 0.25) is 0 Å². The van der Waals surface area contributed by atoms with E-state index in [-0.39, 0.29) is 5.60 Å². The van der Waals surface area contributed by atoms with Gasteiger partial charge >= 0.3 is 0 Å². The van der Waals surface area contributed by atoms with Crippen LogP contribution in [0.4, 0.5) is 0 Å². The predicted octanol–water partition coefficient (Wildman–Crippen LogP) is 2.63. The molecule has 2 aromatic rings. The molecular weight excluding hydrogens is 306 g/mol. The predicted molar refractivity (Wildman–Crippen MR) is 88.6 cm³/mol. The number of aryl methyl sites for hydroxylation is 2. The number of aliphatic hydroxyl groups is 1. The largest absolute Gasteiger partial charge is 0.495 e. The van der Waals surface area contributed by atoms with Crippen molar-refractivity contribution >= 4 is 10.8 Å². The number of pyridine rings is 1. The van der Waals surface area contributed by atoms with E-state index < -0.39 is 11.7 Å². The number of hydrogen-bond acceptors (Lipinski definition) is 5. The molecule has 1 aliphatic heterocycles. The van der Waals surface area contributed by atoms with Crippen LogP contribution in [0.25, 0.3) is 10.8 Å². The van der Waals surface area contributed by atoms with E-state index in [1.54, 1.807) is 14.2 Å². The van der Waals surface area contributed by atoms with Gasteiger partial charge in [0.15, 0.2) is 5.60 Å². The maximum Gasteiger partial charge on any atom is 0.225 e. The number of ether oxygens (including phenoxy) is 3. The summed E-state index contributed by atoms with van der Waals surface area (Å²) >= 11 is 0. The minimum Gasteiger partial charge on any atom is -0.495 e. The van der Waals surface area contributed by atoms with E-state index >= 15 is 0 Å². The second-order valence-electron chi connectivity index (χ2n) is 7.20. The molecule has 5 nitrogen and oxygen atoms in total. The highest BCUT2D eigenvalue weighted by molar-refractivity contribution is 5.95. The first kappa shape index (κ1) is 14.5. The van der Waals surface area contributed by atoms with Crippen molar-refractivity contribution in [2.45, 2.75) is 49.9 Å². The zero-order valence-electron chi connectivity index (χ0n) is 14.2. The third-order valence-corrected chi connectivity index (χ3v) is 6.10. The lowest BCUT2D eigenvalue weighted by molar-refractivity contribution is 0.0599. The molecule has 0 amide bonds. The number of nitrogens with zero attached hydrogens (tertiary/aromatic N) is 1. The van der Waals surface area contributed by atoms with Gasteiger partial charge in [0.25, 0.3) is 0 Å². The standard InChI is InChI=1S/C19H21NO4/c1-10-8-12-9-11-4-6-18-7-5-13(21)19(18,24-18)15(11)16(22-2)14(12)17(20-10)23-3/h8-9,13,21H,4-7H2,1-3H3/t13-,18+,19+/m1/s1. The van der Waals surface area contributed by atoms with Gasteiger partial charge in [0, 0.05) is 11.3 Å². The minimum atomic E-state index is -0.601. The van der Waals surface area contributed by atoms with Gasteiger partial charge in [0.05, 0.1) is 25.7 Å². The monoisotopic (exact) mass is 327 g/mol. The fraction of sp³-hybridized carbons (Fsp3) is 0.526. The van der Waals surface area contributed by atoms with Crippen LogP contribution in [-0.2, 0) is 16.8 Å². The van der Waals surface area contributed by atoms with Crippen LogP contribution < -0.4 is 9.47 Å². The SMILES string of the molecule is COc1nc(C)cc2cc3c(c(OC)c12)[C@]12O[C@@]1(CC3)CC[C@H]2O. The summed E-state index contributed by atoms with van der Waals surface area (Å²) in [7, 11) is 3.30. The number of aromatic nitrogens is 1. The molecule has 1 aromatic heterocycles. The van der Waals surface area contributed by atoms with Crippen LogP contribution in [0.1, 0.15) is 36.1 Å². The summed E-state index contributed by atoms with van der Waals surface area (Å²) in [6.45, 7) is 1.96. The van der Waals surface area contributed by atoms with Gasteiger partial charge < -0.3 is 19.3 Å². The Balaban J connectivity index is 1.88. The molecule has 0 bridgehead atoms. The summed E-state index contributed by atoms with van der Waals surface area (Å²) in [5, 5.41) is 12.6. The normalized spacial score (nSPS) is 32.9. The van der Waals surface area contributed by atoms with Gasteiger partial charge in [-0.15, -0.1) is 0 Å². The smallest absolute Gasteiger partial charge is 0.225 e. The van der Waals surface area contributed by atoms with Crippen molar-refractivity contribution in [3.8, 4) is 11.6 Å². The van der Waals surface area contributed by atoms with Crippen LogP contribution in [0.5, 0.6) is 11.6 Å². The van der Waals surface area contributed by atoms with Crippen molar-refractivity contribution in [3.05, 3.63) is 29.0 Å². The number of benzene rings is 1. The number of aliphatic hydroxyl groups excluding tert-OH is 1. The molecule has 5 heteroatoms. The number of methoxy groups -OCH3 is 2. The number of hydrogen-bond donors (Lipinski definition) is 1. The lowest BCUT2D eigenvalue weighted by Crippen LogP contribution is -2.33. The van der Waals surface area contributed by atoms with Gasteiger partial charge in [-0.1, -0.05) is 6.07 Å². The highest BCUT2D eigenvalue weighted by atomic mass is 16.6. The first-order chi connectivity index (χ1) is 11.6. The zero-order chi connectivity index (χ0) is 16.7. The van der Waals surface area contributed by atoms with E-state index in [0.717, 1.165) is 53.5 Å². The molecule has 3 atom stereocenters. The van der Waals surface area contributed by atoms with Crippen LogP contribution in [0.15, 0.2) is 12.1 Å². The van der Waals surface area contributed by atoms with Gasteiger partial charge in [-0.2, -0.15) is 0 Å². The summed E-state index contributed by atoms with van der Waals surface area (Å²) in [4.78, 5) is 4.51. The second-order valence-corrected chi connectivity index (χ2v) is 7.20. The lowest BCUT2D eigenvalue weighted by atomic mass is 9.75. The Morgan fingerprint density at radius 2 is 2.08 bits per heavy atom. The van der Waals surface area contributed by atoms with E-state index in [0.29, 0.717) is 5.88 Å². The summed E-state index contributed by atoms with van der Waals surface area (Å²) in [5.74, 6) is 1.31. The van der Waals surface area contributed by atoms with Gasteiger partial charge in [0.2, 0.25) is 5.88 Å². The molecule has 1 saturated carbocycles. The maximum atomic E-state index is 10.7. The Labute approximate surface area is 140 Å². The topological polar surface area (TPSA) is 64.1 Å². The summed E-state index contributed by atoms with van der Waals surface area (Å²) in [6.07, 6.45) is 3.13. The average molecular weight is 327 g/mol. The molecule has 0 radical (unpaired) electrons. The second kappa shape index (κ2) is 4.41. The van der Waals surface area contributed by atoms with E-state index in [4.69, 9.17) is 14.2 Å². The molecule has 3 aliphatic rings. The zero-order valence-corrected chi connectivity index (χ0v) is 14.2. The van der Waals surface area contributed by atoms with Crippen molar-refractivity contribution < 1.29 is 19.3 Å². The van der Waals surface area contributed by atoms with Crippen molar-refractivity contribution in [3.63, 3.8) is 0 Å². The first-order valence-electron chi connectivity index (χ1n) is 8.50. The van der Waals surface area contributed by atoms with E-state index in [2.05, 4.69) is 17.1 Å². The summed E-state index contributed by atoms with van der Waals surface area (Å²) in [6, 6.07) is 4.24. The van der Waals surface area contributed by atoms with Gasteiger partial charge in [0.1, 0.15) is 11.4 Å². The van der Waals surface area contributed by atoms with Crippen LogP contribution >= 0.6 is 0 Å². The highest BCUT2D eigenvalue weighted by Gasteiger charge is 2.79. The van der Waals surface area contributed by atoms with E-state index in [9.17, 15) is 5.11 Å². The summed E-state index contributed by atoms with van der Waals surface area (Å²) in [5.41, 5.74) is 2.33. The molecular formula is C19H21NO4. The quantitative estimate of drug-likeness (QED) is 0.859. The van der Waals surface area contributed by atoms with Crippen molar-refractivity contribution in [2.24, 2.45) is 0 Å². The Bertz CT molecular complexity index is 880. The molecule has 1 N–H and O–H groups in total. The molecule has 5 rings (SSSR count). The van der Waals surface area contributed by atoms with Crippen molar-refractivity contribution in [2.75, 3.05) is 14.2 Å². The number of rotatable bonds is 2. The fourth-order valence-electron chi connectivity index (χ4n) is 5.11. The molecule has 24 heavy (non-hydrogen) atoms. The van der Waals surface area contributed by atoms with Crippen LogP contribution in [-0.4, -0.2) is 36.0 Å². The van der Waals surface area contributed by atoms with Crippen LogP contribution in [0.3, 0.4) is 0 Å². The van der Waals surface area contributed by atoms with Gasteiger partial charge in [-0.05, 0) is 49.6 Å². The number of epoxide rings is 1.